The summed E-state index contributed by atoms with van der Waals surface area (Å²) >= 11 is 0. The third-order valence-electron chi connectivity index (χ3n) is 1.24. The van der Waals surface area contributed by atoms with Gasteiger partial charge in [-0.05, 0) is 20.8 Å². The first-order valence-electron chi connectivity index (χ1n) is 3.27. The first kappa shape index (κ1) is 10.5. The highest BCUT2D eigenvalue weighted by molar-refractivity contribution is 7.91. The zero-order valence-electron chi connectivity index (χ0n) is 7.10. The molecule has 1 unspecified atom stereocenters. The van der Waals surface area contributed by atoms with Crippen molar-refractivity contribution in [2.75, 3.05) is 6.54 Å². The molecule has 0 aromatic rings. The van der Waals surface area contributed by atoms with E-state index in [1.54, 1.807) is 20.8 Å². The van der Waals surface area contributed by atoms with Gasteiger partial charge in [-0.3, -0.25) is 0 Å². The van der Waals surface area contributed by atoms with Crippen LogP contribution in [0.1, 0.15) is 20.8 Å². The molecule has 0 saturated carbocycles. The summed E-state index contributed by atoms with van der Waals surface area (Å²) in [5, 5.41) is 0. The van der Waals surface area contributed by atoms with Crippen LogP contribution in [-0.4, -0.2) is 15.5 Å². The summed E-state index contributed by atoms with van der Waals surface area (Å²) < 4.78 is 20.8. The van der Waals surface area contributed by atoms with E-state index < -0.39 is 14.7 Å². The molecular weight excluding hydrogens is 160 g/mol. The van der Waals surface area contributed by atoms with Gasteiger partial charge in [0.2, 0.25) is 0 Å². The van der Waals surface area contributed by atoms with Crippen LogP contribution in [0.5, 0.6) is 0 Å². The van der Waals surface area contributed by atoms with Crippen molar-refractivity contribution >= 4 is 9.92 Å². The highest BCUT2D eigenvalue weighted by Crippen LogP contribution is 2.13. The summed E-state index contributed by atoms with van der Waals surface area (Å²) in [6.07, 6.45) is 4.96. The van der Waals surface area contributed by atoms with E-state index in [0.717, 1.165) is 0 Å². The molecule has 0 spiro atoms. The SMILES string of the molecule is C#CCNS(=N)(=O)C(C)(C)C. The van der Waals surface area contributed by atoms with Crippen LogP contribution in [0.3, 0.4) is 0 Å². The number of hydrogen-bond donors (Lipinski definition) is 2. The smallest absolute Gasteiger partial charge is 0.111 e. The third kappa shape index (κ3) is 2.91. The van der Waals surface area contributed by atoms with Crippen molar-refractivity contribution < 1.29 is 4.21 Å². The fraction of sp³-hybridized carbons (Fsp3) is 0.714. The van der Waals surface area contributed by atoms with Gasteiger partial charge in [0.05, 0.1) is 11.3 Å². The van der Waals surface area contributed by atoms with Gasteiger partial charge >= 0.3 is 0 Å². The van der Waals surface area contributed by atoms with E-state index in [9.17, 15) is 4.21 Å². The Labute approximate surface area is 68.7 Å². The standard InChI is InChI=1S/C7H14N2OS/c1-5-6-9-11(8,10)7(2,3)4/h1H,6H2,2-4H3,(H2,8,9,10). The highest BCUT2D eigenvalue weighted by atomic mass is 32.2. The first-order valence-corrected chi connectivity index (χ1v) is 4.83. The van der Waals surface area contributed by atoms with E-state index in [0.29, 0.717) is 0 Å². The van der Waals surface area contributed by atoms with E-state index >= 15 is 0 Å². The first-order chi connectivity index (χ1) is 4.81. The molecule has 0 aliphatic carbocycles. The summed E-state index contributed by atoms with van der Waals surface area (Å²) in [6.45, 7) is 5.41. The molecule has 4 heteroatoms. The van der Waals surface area contributed by atoms with Gasteiger partial charge in [-0.25, -0.2) is 13.7 Å². The van der Waals surface area contributed by atoms with Crippen LogP contribution in [0.4, 0.5) is 0 Å². The normalized spacial score (nSPS) is 16.9. The van der Waals surface area contributed by atoms with Gasteiger partial charge in [-0.15, -0.1) is 6.42 Å². The van der Waals surface area contributed by atoms with Crippen molar-refractivity contribution in [1.82, 2.24) is 4.72 Å². The lowest BCUT2D eigenvalue weighted by atomic mass is 10.3. The van der Waals surface area contributed by atoms with Crippen LogP contribution < -0.4 is 4.72 Å². The molecule has 0 heterocycles. The van der Waals surface area contributed by atoms with E-state index in [-0.39, 0.29) is 6.54 Å². The van der Waals surface area contributed by atoms with Crippen LogP contribution in [0.25, 0.3) is 0 Å². The maximum Gasteiger partial charge on any atom is 0.111 e. The fourth-order valence-corrected chi connectivity index (χ4v) is 1.08. The Balaban J connectivity index is 4.41. The van der Waals surface area contributed by atoms with Crippen molar-refractivity contribution in [1.29, 1.82) is 4.78 Å². The monoisotopic (exact) mass is 174 g/mol. The summed E-state index contributed by atoms with van der Waals surface area (Å²) in [4.78, 5) is 0. The lowest BCUT2D eigenvalue weighted by Gasteiger charge is -2.21. The van der Waals surface area contributed by atoms with Crippen LogP contribution in [0.15, 0.2) is 0 Å². The van der Waals surface area contributed by atoms with Gasteiger partial charge in [-0.1, -0.05) is 5.92 Å². The van der Waals surface area contributed by atoms with E-state index in [2.05, 4.69) is 10.6 Å². The number of rotatable bonds is 2. The predicted molar refractivity (Wildman–Crippen MR) is 47.5 cm³/mol. The molecule has 0 amide bonds. The van der Waals surface area contributed by atoms with E-state index in [1.807, 2.05) is 0 Å². The van der Waals surface area contributed by atoms with Crippen LogP contribution >= 0.6 is 0 Å². The Kier molecular flexibility index (Phi) is 3.09. The molecular formula is C7H14N2OS. The van der Waals surface area contributed by atoms with Crippen molar-refractivity contribution in [2.45, 2.75) is 25.5 Å². The lowest BCUT2D eigenvalue weighted by Crippen LogP contribution is -2.38. The Hall–Kier alpha value is -0.530. The molecule has 0 aliphatic rings. The maximum absolute atomic E-state index is 11.4. The topological polar surface area (TPSA) is 53.0 Å². The average molecular weight is 174 g/mol. The second-order valence-electron chi connectivity index (χ2n) is 3.19. The lowest BCUT2D eigenvalue weighted by molar-refractivity contribution is 0.627. The molecule has 11 heavy (non-hydrogen) atoms. The Morgan fingerprint density at radius 1 is 1.64 bits per heavy atom. The zero-order valence-corrected chi connectivity index (χ0v) is 7.92. The van der Waals surface area contributed by atoms with Crippen molar-refractivity contribution in [3.8, 4) is 12.3 Å². The number of hydrogen-bond acceptors (Lipinski definition) is 2. The minimum absolute atomic E-state index is 0.180. The molecule has 64 valence electrons. The molecule has 0 saturated heterocycles. The summed E-state index contributed by atoms with van der Waals surface area (Å²) in [5.41, 5.74) is 0. The maximum atomic E-state index is 11.4. The van der Waals surface area contributed by atoms with Gasteiger partial charge in [0.25, 0.3) is 0 Å². The van der Waals surface area contributed by atoms with Crippen LogP contribution in [0, 0.1) is 17.1 Å². The average Bonchev–Trinajstić information content (AvgIpc) is 1.81. The van der Waals surface area contributed by atoms with E-state index in [1.165, 1.54) is 0 Å². The van der Waals surface area contributed by atoms with Crippen molar-refractivity contribution in [3.05, 3.63) is 0 Å². The van der Waals surface area contributed by atoms with Gasteiger partial charge < -0.3 is 0 Å². The minimum Gasteiger partial charge on any atom is -0.240 e. The predicted octanol–water partition coefficient (Wildman–Crippen LogP) is 0.969. The van der Waals surface area contributed by atoms with Gasteiger partial charge in [0.1, 0.15) is 9.92 Å². The third-order valence-corrected chi connectivity index (χ3v) is 3.52. The van der Waals surface area contributed by atoms with Crippen molar-refractivity contribution in [2.24, 2.45) is 0 Å². The molecule has 0 fully saturated rings. The van der Waals surface area contributed by atoms with Gasteiger partial charge in [0.15, 0.2) is 0 Å². The molecule has 3 nitrogen and oxygen atoms in total. The van der Waals surface area contributed by atoms with Crippen LogP contribution in [0.2, 0.25) is 0 Å². The molecule has 0 bridgehead atoms. The Morgan fingerprint density at radius 2 is 2.09 bits per heavy atom. The molecule has 0 rings (SSSR count). The molecule has 0 radical (unpaired) electrons. The molecule has 0 aromatic carbocycles. The molecule has 0 aromatic heterocycles. The van der Waals surface area contributed by atoms with Crippen LogP contribution in [-0.2, 0) is 9.92 Å². The minimum atomic E-state index is -2.75. The Morgan fingerprint density at radius 3 is 2.36 bits per heavy atom. The molecule has 1 atom stereocenters. The summed E-state index contributed by atoms with van der Waals surface area (Å²) in [5.74, 6) is 2.29. The van der Waals surface area contributed by atoms with E-state index in [4.69, 9.17) is 11.2 Å². The second kappa shape index (κ2) is 3.24. The van der Waals surface area contributed by atoms with Gasteiger partial charge in [0, 0.05) is 0 Å². The largest absolute Gasteiger partial charge is 0.240 e. The molecule has 0 aliphatic heterocycles. The summed E-state index contributed by atoms with van der Waals surface area (Å²) in [6, 6.07) is 0. The fourth-order valence-electron chi connectivity index (χ4n) is 0.360. The number of nitrogens with one attached hydrogen (secondary N) is 2. The Bertz CT molecular complexity index is 253. The zero-order chi connectivity index (χ0) is 9.12. The van der Waals surface area contributed by atoms with Crippen molar-refractivity contribution in [3.63, 3.8) is 0 Å². The molecule has 2 N–H and O–H groups in total. The van der Waals surface area contributed by atoms with Gasteiger partial charge in [-0.2, -0.15) is 0 Å². The second-order valence-corrected chi connectivity index (χ2v) is 5.82. The number of terminal acetylenes is 1. The quantitative estimate of drug-likeness (QED) is 0.602. The highest BCUT2D eigenvalue weighted by Gasteiger charge is 2.23. The summed E-state index contributed by atoms with van der Waals surface area (Å²) in [7, 11) is -2.75.